The minimum atomic E-state index is 0.0226. The molecule has 1 heterocycles. The number of amides is 2. The number of nitrogens with one attached hydrogen (secondary N) is 2. The molecule has 0 radical (unpaired) electrons. The van der Waals surface area contributed by atoms with Crippen LogP contribution in [0.25, 0.3) is 0 Å². The fraction of sp³-hybridized carbons (Fsp3) is 0.417. The van der Waals surface area contributed by atoms with Crippen molar-refractivity contribution in [2.45, 2.75) is 6.54 Å². The number of hydrogen-bond acceptors (Lipinski definition) is 2. The molecule has 0 aliphatic carbocycles. The van der Waals surface area contributed by atoms with Crippen LogP contribution in [0, 0.1) is 0 Å². The van der Waals surface area contributed by atoms with Crippen LogP contribution in [0.1, 0.15) is 5.56 Å². The quantitative estimate of drug-likeness (QED) is 0.870. The third-order valence-corrected chi connectivity index (χ3v) is 3.29. The van der Waals surface area contributed by atoms with E-state index in [1.54, 1.807) is 0 Å². The molecule has 2 amide bonds. The van der Waals surface area contributed by atoms with Crippen LogP contribution in [0.5, 0.6) is 0 Å². The van der Waals surface area contributed by atoms with Crippen LogP contribution in [-0.2, 0) is 6.54 Å². The van der Waals surface area contributed by atoms with Gasteiger partial charge in [-0.3, -0.25) is 0 Å². The number of carbonyl (C=O) groups excluding carboxylic acids is 1. The van der Waals surface area contributed by atoms with Crippen LogP contribution in [-0.4, -0.2) is 37.1 Å². The van der Waals surface area contributed by atoms with Gasteiger partial charge < -0.3 is 15.5 Å². The first-order valence-electron chi connectivity index (χ1n) is 5.73. The van der Waals surface area contributed by atoms with Gasteiger partial charge in [0.25, 0.3) is 0 Å². The average Bonchev–Trinajstić information content (AvgIpc) is 2.39. The Morgan fingerprint density at radius 3 is 2.59 bits per heavy atom. The number of halogens is 1. The molecule has 1 aromatic carbocycles. The molecule has 1 aromatic rings. The van der Waals surface area contributed by atoms with E-state index >= 15 is 0 Å². The molecule has 1 aliphatic rings. The monoisotopic (exact) mass is 297 g/mol. The van der Waals surface area contributed by atoms with E-state index in [2.05, 4.69) is 26.6 Å². The van der Waals surface area contributed by atoms with Gasteiger partial charge in [0.1, 0.15) is 0 Å². The van der Waals surface area contributed by atoms with Gasteiger partial charge in [0.2, 0.25) is 0 Å². The van der Waals surface area contributed by atoms with Crippen LogP contribution in [0.15, 0.2) is 28.7 Å². The standard InChI is InChI=1S/C12H16BrN3O/c13-11-3-1-10(2-4-11)9-15-12(17)16-7-5-14-6-8-16/h1-4,14H,5-9H2,(H,15,17). The number of hydrogen-bond donors (Lipinski definition) is 2. The van der Waals surface area contributed by atoms with Crippen molar-refractivity contribution in [3.05, 3.63) is 34.3 Å². The number of benzene rings is 1. The van der Waals surface area contributed by atoms with Gasteiger partial charge in [-0.05, 0) is 17.7 Å². The van der Waals surface area contributed by atoms with Gasteiger partial charge >= 0.3 is 6.03 Å². The number of rotatable bonds is 2. The van der Waals surface area contributed by atoms with Crippen molar-refractivity contribution in [2.75, 3.05) is 26.2 Å². The summed E-state index contributed by atoms with van der Waals surface area (Å²) >= 11 is 3.39. The van der Waals surface area contributed by atoms with E-state index < -0.39 is 0 Å². The van der Waals surface area contributed by atoms with Crippen LogP contribution >= 0.6 is 15.9 Å². The Labute approximate surface area is 110 Å². The first kappa shape index (κ1) is 12.4. The van der Waals surface area contributed by atoms with Crippen molar-refractivity contribution < 1.29 is 4.79 Å². The lowest BCUT2D eigenvalue weighted by Crippen LogP contribution is -2.50. The highest BCUT2D eigenvalue weighted by atomic mass is 79.9. The summed E-state index contributed by atoms with van der Waals surface area (Å²) in [6, 6.07) is 7.98. The Bertz CT molecular complexity index is 374. The molecule has 5 heteroatoms. The lowest BCUT2D eigenvalue weighted by Gasteiger charge is -2.27. The van der Waals surface area contributed by atoms with Crippen molar-refractivity contribution >= 4 is 22.0 Å². The fourth-order valence-corrected chi connectivity index (χ4v) is 2.02. The summed E-state index contributed by atoms with van der Waals surface area (Å²) in [5.74, 6) is 0. The molecule has 1 saturated heterocycles. The van der Waals surface area contributed by atoms with Gasteiger partial charge in [-0.25, -0.2) is 4.79 Å². The van der Waals surface area contributed by atoms with E-state index in [0.717, 1.165) is 36.2 Å². The highest BCUT2D eigenvalue weighted by Gasteiger charge is 2.15. The maximum absolute atomic E-state index is 11.8. The van der Waals surface area contributed by atoms with E-state index in [0.29, 0.717) is 6.54 Å². The molecule has 2 N–H and O–H groups in total. The lowest BCUT2D eigenvalue weighted by atomic mass is 10.2. The normalized spacial score (nSPS) is 15.7. The Hall–Kier alpha value is -1.07. The van der Waals surface area contributed by atoms with Gasteiger partial charge in [-0.1, -0.05) is 28.1 Å². The van der Waals surface area contributed by atoms with Gasteiger partial charge in [0, 0.05) is 37.2 Å². The van der Waals surface area contributed by atoms with E-state index in [-0.39, 0.29) is 6.03 Å². The van der Waals surface area contributed by atoms with E-state index in [4.69, 9.17) is 0 Å². The number of urea groups is 1. The predicted molar refractivity (Wildman–Crippen MR) is 70.8 cm³/mol. The third kappa shape index (κ3) is 3.71. The van der Waals surface area contributed by atoms with Gasteiger partial charge in [-0.2, -0.15) is 0 Å². The summed E-state index contributed by atoms with van der Waals surface area (Å²) < 4.78 is 1.05. The summed E-state index contributed by atoms with van der Waals surface area (Å²) in [5.41, 5.74) is 1.11. The van der Waals surface area contributed by atoms with E-state index in [1.807, 2.05) is 29.2 Å². The molecule has 17 heavy (non-hydrogen) atoms. The highest BCUT2D eigenvalue weighted by molar-refractivity contribution is 9.10. The first-order valence-corrected chi connectivity index (χ1v) is 6.53. The molecule has 0 bridgehead atoms. The number of carbonyl (C=O) groups is 1. The van der Waals surface area contributed by atoms with Crippen molar-refractivity contribution in [2.24, 2.45) is 0 Å². The Morgan fingerprint density at radius 2 is 1.94 bits per heavy atom. The van der Waals surface area contributed by atoms with Gasteiger partial charge in [0.15, 0.2) is 0 Å². The Morgan fingerprint density at radius 1 is 1.29 bits per heavy atom. The van der Waals surface area contributed by atoms with Crippen LogP contribution in [0.3, 0.4) is 0 Å². The molecular weight excluding hydrogens is 282 g/mol. The van der Waals surface area contributed by atoms with Crippen molar-refractivity contribution in [3.8, 4) is 0 Å². The number of piperazine rings is 1. The summed E-state index contributed by atoms with van der Waals surface area (Å²) in [7, 11) is 0. The zero-order valence-corrected chi connectivity index (χ0v) is 11.2. The largest absolute Gasteiger partial charge is 0.334 e. The highest BCUT2D eigenvalue weighted by Crippen LogP contribution is 2.10. The predicted octanol–water partition coefficient (Wildman–Crippen LogP) is 1.56. The molecule has 2 rings (SSSR count). The van der Waals surface area contributed by atoms with E-state index in [1.165, 1.54) is 0 Å². The minimum absolute atomic E-state index is 0.0226. The van der Waals surface area contributed by atoms with Crippen molar-refractivity contribution in [3.63, 3.8) is 0 Å². The number of nitrogens with zero attached hydrogens (tertiary/aromatic N) is 1. The van der Waals surface area contributed by atoms with Crippen LogP contribution in [0.2, 0.25) is 0 Å². The second kappa shape index (κ2) is 6.02. The van der Waals surface area contributed by atoms with Crippen LogP contribution in [0.4, 0.5) is 4.79 Å². The molecule has 0 unspecified atom stereocenters. The zero-order valence-electron chi connectivity index (χ0n) is 9.58. The van der Waals surface area contributed by atoms with Gasteiger partial charge in [-0.15, -0.1) is 0 Å². The maximum Gasteiger partial charge on any atom is 0.317 e. The Balaban J connectivity index is 1.81. The molecule has 1 aliphatic heterocycles. The molecular formula is C12H16BrN3O. The third-order valence-electron chi connectivity index (χ3n) is 2.76. The lowest BCUT2D eigenvalue weighted by molar-refractivity contribution is 0.190. The van der Waals surface area contributed by atoms with Crippen molar-refractivity contribution in [1.29, 1.82) is 0 Å². The summed E-state index contributed by atoms with van der Waals surface area (Å²) in [4.78, 5) is 13.7. The van der Waals surface area contributed by atoms with Gasteiger partial charge in [0.05, 0.1) is 0 Å². The first-order chi connectivity index (χ1) is 8.25. The molecule has 0 saturated carbocycles. The second-order valence-corrected chi connectivity index (χ2v) is 4.94. The molecule has 1 fully saturated rings. The van der Waals surface area contributed by atoms with E-state index in [9.17, 15) is 4.79 Å². The fourth-order valence-electron chi connectivity index (χ4n) is 1.76. The maximum atomic E-state index is 11.8. The molecule has 0 aromatic heterocycles. The minimum Gasteiger partial charge on any atom is -0.334 e. The summed E-state index contributed by atoms with van der Waals surface area (Å²) in [6.07, 6.45) is 0. The summed E-state index contributed by atoms with van der Waals surface area (Å²) in [6.45, 7) is 3.91. The molecule has 92 valence electrons. The molecule has 0 spiro atoms. The molecule has 4 nitrogen and oxygen atoms in total. The van der Waals surface area contributed by atoms with Crippen LogP contribution < -0.4 is 10.6 Å². The zero-order chi connectivity index (χ0) is 12.1. The van der Waals surface area contributed by atoms with Crippen molar-refractivity contribution in [1.82, 2.24) is 15.5 Å². The second-order valence-electron chi connectivity index (χ2n) is 4.02. The molecule has 0 atom stereocenters. The average molecular weight is 298 g/mol. The SMILES string of the molecule is O=C(NCc1ccc(Br)cc1)N1CCNCC1. The Kier molecular flexibility index (Phi) is 4.39. The topological polar surface area (TPSA) is 44.4 Å². The smallest absolute Gasteiger partial charge is 0.317 e. The summed E-state index contributed by atoms with van der Waals surface area (Å²) in [5, 5.41) is 6.15.